The van der Waals surface area contributed by atoms with Gasteiger partial charge in [-0.3, -0.25) is 0 Å². The fourth-order valence-electron chi connectivity index (χ4n) is 2.48. The van der Waals surface area contributed by atoms with Crippen LogP contribution >= 0.6 is 0 Å². The van der Waals surface area contributed by atoms with Gasteiger partial charge >= 0.3 is 0 Å². The van der Waals surface area contributed by atoms with E-state index in [0.717, 1.165) is 6.04 Å². The molecule has 0 aromatic rings. The van der Waals surface area contributed by atoms with Gasteiger partial charge in [0, 0.05) is 12.1 Å². The van der Waals surface area contributed by atoms with Crippen molar-refractivity contribution in [2.45, 2.75) is 65.5 Å². The van der Waals surface area contributed by atoms with Crippen molar-refractivity contribution in [1.82, 2.24) is 4.90 Å². The molecule has 1 aliphatic rings. The average molecular weight is 183 g/mol. The van der Waals surface area contributed by atoms with Crippen molar-refractivity contribution in [1.29, 1.82) is 0 Å². The Labute approximate surface area is 83.5 Å². The number of hydrogen-bond donors (Lipinski definition) is 0. The van der Waals surface area contributed by atoms with E-state index in [-0.39, 0.29) is 0 Å². The second-order valence-electron chi connectivity index (χ2n) is 5.03. The molecule has 78 valence electrons. The number of nitrogens with zero attached hydrogens (tertiary/aromatic N) is 1. The number of rotatable bonds is 4. The summed E-state index contributed by atoms with van der Waals surface area (Å²) < 4.78 is 0. The van der Waals surface area contributed by atoms with E-state index in [0.29, 0.717) is 11.5 Å². The Bertz CT molecular complexity index is 151. The first-order valence-electron chi connectivity index (χ1n) is 5.76. The van der Waals surface area contributed by atoms with E-state index in [9.17, 15) is 0 Å². The molecule has 0 unspecified atom stereocenters. The van der Waals surface area contributed by atoms with Gasteiger partial charge in [0.2, 0.25) is 0 Å². The minimum absolute atomic E-state index is 0.702. The van der Waals surface area contributed by atoms with Gasteiger partial charge in [-0.25, -0.2) is 0 Å². The van der Waals surface area contributed by atoms with Crippen molar-refractivity contribution in [3.63, 3.8) is 0 Å². The molecule has 1 aliphatic carbocycles. The standard InChI is InChI=1S/C12H25N/c1-6-12(7-2)8-11(9-12)13(5)10(3)4/h10-11H,6-9H2,1-5H3. The maximum absolute atomic E-state index is 2.53. The van der Waals surface area contributed by atoms with Gasteiger partial charge in [0.1, 0.15) is 0 Å². The highest BCUT2D eigenvalue weighted by Crippen LogP contribution is 2.48. The van der Waals surface area contributed by atoms with E-state index in [1.54, 1.807) is 0 Å². The van der Waals surface area contributed by atoms with Gasteiger partial charge in [0.15, 0.2) is 0 Å². The first-order chi connectivity index (χ1) is 6.04. The van der Waals surface area contributed by atoms with Gasteiger partial charge in [-0.1, -0.05) is 26.7 Å². The summed E-state index contributed by atoms with van der Waals surface area (Å²) in [5.41, 5.74) is 0.702. The Morgan fingerprint density at radius 1 is 1.23 bits per heavy atom. The second kappa shape index (κ2) is 4.00. The van der Waals surface area contributed by atoms with E-state index in [2.05, 4.69) is 39.6 Å². The Kier molecular flexibility index (Phi) is 3.39. The van der Waals surface area contributed by atoms with Gasteiger partial charge in [-0.15, -0.1) is 0 Å². The summed E-state index contributed by atoms with van der Waals surface area (Å²) in [6.07, 6.45) is 5.58. The van der Waals surface area contributed by atoms with Crippen molar-refractivity contribution in [3.05, 3.63) is 0 Å². The Morgan fingerprint density at radius 2 is 1.69 bits per heavy atom. The summed E-state index contributed by atoms with van der Waals surface area (Å²) in [6.45, 7) is 9.26. The maximum atomic E-state index is 2.53. The van der Waals surface area contributed by atoms with Crippen LogP contribution in [0.5, 0.6) is 0 Å². The van der Waals surface area contributed by atoms with Crippen molar-refractivity contribution in [3.8, 4) is 0 Å². The molecule has 0 atom stereocenters. The molecule has 0 aliphatic heterocycles. The second-order valence-corrected chi connectivity index (χ2v) is 5.03. The molecule has 0 saturated heterocycles. The monoisotopic (exact) mass is 183 g/mol. The largest absolute Gasteiger partial charge is 0.301 e. The smallest absolute Gasteiger partial charge is 0.0105 e. The molecule has 0 heterocycles. The van der Waals surface area contributed by atoms with E-state index in [1.807, 2.05) is 0 Å². The first-order valence-corrected chi connectivity index (χ1v) is 5.76. The highest BCUT2D eigenvalue weighted by Gasteiger charge is 2.43. The third-order valence-electron chi connectivity index (χ3n) is 4.23. The van der Waals surface area contributed by atoms with Crippen LogP contribution in [0, 0.1) is 5.41 Å². The highest BCUT2D eigenvalue weighted by atomic mass is 15.2. The lowest BCUT2D eigenvalue weighted by Gasteiger charge is -2.51. The van der Waals surface area contributed by atoms with E-state index >= 15 is 0 Å². The van der Waals surface area contributed by atoms with Crippen LogP contribution < -0.4 is 0 Å². The molecular formula is C12H25N. The lowest BCUT2D eigenvalue weighted by molar-refractivity contribution is -0.00605. The Balaban J connectivity index is 2.39. The van der Waals surface area contributed by atoms with Gasteiger partial charge in [0.25, 0.3) is 0 Å². The van der Waals surface area contributed by atoms with Crippen LogP contribution in [0.2, 0.25) is 0 Å². The lowest BCUT2D eigenvalue weighted by atomic mass is 9.62. The minimum Gasteiger partial charge on any atom is -0.301 e. The minimum atomic E-state index is 0.702. The first kappa shape index (κ1) is 11.0. The molecule has 13 heavy (non-hydrogen) atoms. The summed E-state index contributed by atoms with van der Waals surface area (Å²) in [6, 6.07) is 1.57. The Hall–Kier alpha value is -0.0400. The predicted molar refractivity (Wildman–Crippen MR) is 58.9 cm³/mol. The van der Waals surface area contributed by atoms with Crippen LogP contribution in [0.25, 0.3) is 0 Å². The van der Waals surface area contributed by atoms with E-state index < -0.39 is 0 Å². The summed E-state index contributed by atoms with van der Waals surface area (Å²) in [7, 11) is 2.27. The molecule has 0 N–H and O–H groups in total. The van der Waals surface area contributed by atoms with Crippen molar-refractivity contribution in [2.75, 3.05) is 7.05 Å². The number of hydrogen-bond acceptors (Lipinski definition) is 1. The summed E-state index contributed by atoms with van der Waals surface area (Å²) >= 11 is 0. The summed E-state index contributed by atoms with van der Waals surface area (Å²) in [4.78, 5) is 2.53. The fraction of sp³-hybridized carbons (Fsp3) is 1.00. The van der Waals surface area contributed by atoms with Crippen LogP contribution in [0.4, 0.5) is 0 Å². The van der Waals surface area contributed by atoms with Crippen LogP contribution in [0.3, 0.4) is 0 Å². The molecule has 1 heteroatoms. The molecule has 1 nitrogen and oxygen atoms in total. The molecule has 1 saturated carbocycles. The SMILES string of the molecule is CCC1(CC)CC(N(C)C(C)C)C1. The van der Waals surface area contributed by atoms with Crippen LogP contribution in [-0.4, -0.2) is 24.0 Å². The van der Waals surface area contributed by atoms with Crippen LogP contribution in [0.15, 0.2) is 0 Å². The zero-order valence-electron chi connectivity index (χ0n) is 9.93. The lowest BCUT2D eigenvalue weighted by Crippen LogP contribution is -2.51. The highest BCUT2D eigenvalue weighted by molar-refractivity contribution is 4.96. The van der Waals surface area contributed by atoms with Crippen LogP contribution in [-0.2, 0) is 0 Å². The van der Waals surface area contributed by atoms with Crippen LogP contribution in [0.1, 0.15) is 53.4 Å². The molecule has 1 rings (SSSR count). The topological polar surface area (TPSA) is 3.24 Å². The van der Waals surface area contributed by atoms with Gasteiger partial charge in [-0.05, 0) is 39.2 Å². The predicted octanol–water partition coefficient (Wildman–Crippen LogP) is 3.30. The molecule has 0 aromatic carbocycles. The fourth-order valence-corrected chi connectivity index (χ4v) is 2.48. The van der Waals surface area contributed by atoms with E-state index in [4.69, 9.17) is 0 Å². The molecule has 0 spiro atoms. The molecule has 0 bridgehead atoms. The van der Waals surface area contributed by atoms with Crippen molar-refractivity contribution in [2.24, 2.45) is 5.41 Å². The summed E-state index contributed by atoms with van der Waals surface area (Å²) in [5, 5.41) is 0. The third kappa shape index (κ3) is 2.07. The molecule has 1 fully saturated rings. The average Bonchev–Trinajstić information content (AvgIpc) is 2.04. The zero-order chi connectivity index (χ0) is 10.1. The third-order valence-corrected chi connectivity index (χ3v) is 4.23. The maximum Gasteiger partial charge on any atom is 0.0105 e. The quantitative estimate of drug-likeness (QED) is 0.646. The Morgan fingerprint density at radius 3 is 2.00 bits per heavy atom. The van der Waals surface area contributed by atoms with Gasteiger partial charge in [-0.2, -0.15) is 0 Å². The zero-order valence-corrected chi connectivity index (χ0v) is 9.93. The molecular weight excluding hydrogens is 158 g/mol. The molecule has 0 amide bonds. The van der Waals surface area contributed by atoms with E-state index in [1.165, 1.54) is 25.7 Å². The normalized spacial score (nSPS) is 22.4. The molecule has 0 aromatic heterocycles. The molecule has 0 radical (unpaired) electrons. The van der Waals surface area contributed by atoms with Crippen molar-refractivity contribution >= 4 is 0 Å². The van der Waals surface area contributed by atoms with Gasteiger partial charge in [0.05, 0.1) is 0 Å². The van der Waals surface area contributed by atoms with Gasteiger partial charge < -0.3 is 4.90 Å². The summed E-state index contributed by atoms with van der Waals surface area (Å²) in [5.74, 6) is 0. The van der Waals surface area contributed by atoms with Crippen molar-refractivity contribution < 1.29 is 0 Å².